The lowest BCUT2D eigenvalue weighted by molar-refractivity contribution is -0.121. The predicted molar refractivity (Wildman–Crippen MR) is 113 cm³/mol. The Morgan fingerprint density at radius 3 is 2.40 bits per heavy atom. The number of hydrogen-bond acceptors (Lipinski definition) is 3. The minimum Gasteiger partial charge on any atom is -0.355 e. The fourth-order valence-electron chi connectivity index (χ4n) is 4.40. The van der Waals surface area contributed by atoms with Crippen molar-refractivity contribution in [1.82, 2.24) is 15.1 Å². The van der Waals surface area contributed by atoms with Crippen LogP contribution < -0.4 is 16.4 Å². The zero-order valence-electron chi connectivity index (χ0n) is 16.6. The summed E-state index contributed by atoms with van der Waals surface area (Å²) in [5, 5.41) is 6.20. The van der Waals surface area contributed by atoms with Crippen LogP contribution in [0.1, 0.15) is 37.7 Å². The average Bonchev–Trinajstić information content (AvgIpc) is 3.24. The summed E-state index contributed by atoms with van der Waals surface area (Å²) >= 11 is 0. The summed E-state index contributed by atoms with van der Waals surface area (Å²) < 4.78 is 14.5. The SMILES string of the molecule is O=C(CCn1[nH]c(=O)c2ccccc2c1=O)NCC1(c2ccc(F)cc2)CCCC1. The Bertz CT molecular complexity index is 1170. The largest absolute Gasteiger partial charge is 0.355 e. The fourth-order valence-corrected chi connectivity index (χ4v) is 4.40. The molecule has 1 aromatic heterocycles. The van der Waals surface area contributed by atoms with E-state index >= 15 is 0 Å². The third-order valence-corrected chi connectivity index (χ3v) is 6.09. The van der Waals surface area contributed by atoms with E-state index in [9.17, 15) is 18.8 Å². The van der Waals surface area contributed by atoms with Crippen molar-refractivity contribution in [3.63, 3.8) is 0 Å². The molecule has 3 aromatic rings. The summed E-state index contributed by atoms with van der Waals surface area (Å²) in [4.78, 5) is 37.2. The molecule has 1 amide bonds. The molecule has 2 N–H and O–H groups in total. The number of amides is 1. The number of hydrogen-bond donors (Lipinski definition) is 2. The van der Waals surface area contributed by atoms with E-state index in [0.717, 1.165) is 31.2 Å². The smallest absolute Gasteiger partial charge is 0.273 e. The van der Waals surface area contributed by atoms with Gasteiger partial charge in [0.1, 0.15) is 5.82 Å². The van der Waals surface area contributed by atoms with Gasteiger partial charge in [0.25, 0.3) is 11.1 Å². The number of nitrogens with zero attached hydrogens (tertiary/aromatic N) is 1. The van der Waals surface area contributed by atoms with Gasteiger partial charge in [-0.3, -0.25) is 19.5 Å². The van der Waals surface area contributed by atoms with E-state index in [1.165, 1.54) is 16.8 Å². The van der Waals surface area contributed by atoms with Gasteiger partial charge in [-0.15, -0.1) is 0 Å². The zero-order valence-corrected chi connectivity index (χ0v) is 16.6. The number of nitrogens with one attached hydrogen (secondary N) is 2. The molecule has 2 aromatic carbocycles. The zero-order chi connectivity index (χ0) is 21.1. The molecular formula is C23H24FN3O3. The van der Waals surface area contributed by atoms with Crippen molar-refractivity contribution in [3.8, 4) is 0 Å². The van der Waals surface area contributed by atoms with Crippen molar-refractivity contribution in [2.24, 2.45) is 0 Å². The summed E-state index contributed by atoms with van der Waals surface area (Å²) in [6.45, 7) is 0.564. The topological polar surface area (TPSA) is 84.0 Å². The minimum absolute atomic E-state index is 0.0771. The highest BCUT2D eigenvalue weighted by Gasteiger charge is 2.35. The first-order valence-electron chi connectivity index (χ1n) is 10.2. The number of H-pyrrole nitrogens is 1. The third-order valence-electron chi connectivity index (χ3n) is 6.09. The average molecular weight is 409 g/mol. The van der Waals surface area contributed by atoms with Crippen LogP contribution in [0.15, 0.2) is 58.1 Å². The number of rotatable bonds is 6. The van der Waals surface area contributed by atoms with E-state index in [2.05, 4.69) is 10.4 Å². The second-order valence-electron chi connectivity index (χ2n) is 7.96. The molecule has 0 unspecified atom stereocenters. The van der Waals surface area contributed by atoms with Crippen LogP contribution in [0.25, 0.3) is 10.8 Å². The molecule has 0 radical (unpaired) electrons. The first kappa shape index (κ1) is 20.1. The number of carbonyl (C=O) groups excluding carboxylic acids is 1. The first-order chi connectivity index (χ1) is 14.5. The second kappa shape index (κ2) is 8.26. The van der Waals surface area contributed by atoms with Crippen LogP contribution in [-0.4, -0.2) is 22.2 Å². The number of aromatic amines is 1. The van der Waals surface area contributed by atoms with Gasteiger partial charge in [0.05, 0.1) is 17.3 Å². The van der Waals surface area contributed by atoms with Crippen LogP contribution in [0.5, 0.6) is 0 Å². The predicted octanol–water partition coefficient (Wildman–Crippen LogP) is 2.85. The minimum atomic E-state index is -0.355. The van der Waals surface area contributed by atoms with Gasteiger partial charge in [0.2, 0.25) is 5.91 Å². The van der Waals surface area contributed by atoms with Crippen LogP contribution in [0.4, 0.5) is 4.39 Å². The summed E-state index contributed by atoms with van der Waals surface area (Å²) in [5.41, 5.74) is 0.178. The molecule has 0 saturated heterocycles. The molecule has 6 nitrogen and oxygen atoms in total. The van der Waals surface area contributed by atoms with Crippen molar-refractivity contribution < 1.29 is 9.18 Å². The maximum absolute atomic E-state index is 13.3. The van der Waals surface area contributed by atoms with Gasteiger partial charge < -0.3 is 5.32 Å². The Kier molecular flexibility index (Phi) is 5.53. The molecule has 1 heterocycles. The van der Waals surface area contributed by atoms with Crippen LogP contribution >= 0.6 is 0 Å². The Hall–Kier alpha value is -3.22. The summed E-state index contributed by atoms with van der Waals surface area (Å²) in [5.74, 6) is -0.463. The van der Waals surface area contributed by atoms with Crippen molar-refractivity contribution in [3.05, 3.63) is 80.6 Å². The molecule has 1 aliphatic rings. The lowest BCUT2D eigenvalue weighted by Gasteiger charge is -2.30. The van der Waals surface area contributed by atoms with Crippen molar-refractivity contribution in [2.45, 2.75) is 44.1 Å². The quantitative estimate of drug-likeness (QED) is 0.657. The van der Waals surface area contributed by atoms with E-state index in [1.54, 1.807) is 36.4 Å². The van der Waals surface area contributed by atoms with Crippen LogP contribution in [0, 0.1) is 5.82 Å². The standard InChI is InChI=1S/C23H24FN3O3/c24-17-9-7-16(8-10-17)23(12-3-4-13-23)15-25-20(28)11-14-27-22(30)19-6-2-1-5-18(19)21(29)26-27/h1-2,5-10H,3-4,11-15H2,(H,25,28)(H,26,29). The van der Waals surface area contributed by atoms with Crippen LogP contribution in [-0.2, 0) is 16.8 Å². The molecule has 0 bridgehead atoms. The molecule has 1 aliphatic carbocycles. The van der Waals surface area contributed by atoms with Crippen LogP contribution in [0.2, 0.25) is 0 Å². The van der Waals surface area contributed by atoms with Crippen molar-refractivity contribution in [2.75, 3.05) is 6.54 Å². The highest BCUT2D eigenvalue weighted by Crippen LogP contribution is 2.40. The summed E-state index contributed by atoms with van der Waals surface area (Å²) in [7, 11) is 0. The summed E-state index contributed by atoms with van der Waals surface area (Å²) in [6.07, 6.45) is 4.10. The van der Waals surface area contributed by atoms with E-state index in [1.807, 2.05) is 0 Å². The summed E-state index contributed by atoms with van der Waals surface area (Å²) in [6, 6.07) is 13.1. The number of halogens is 1. The number of aryl methyl sites for hydroxylation is 1. The second-order valence-corrected chi connectivity index (χ2v) is 7.96. The molecule has 1 fully saturated rings. The molecule has 1 saturated carbocycles. The molecule has 0 spiro atoms. The molecule has 4 rings (SSSR count). The monoisotopic (exact) mass is 409 g/mol. The number of benzene rings is 2. The number of aromatic nitrogens is 2. The normalized spacial score (nSPS) is 15.4. The Morgan fingerprint density at radius 1 is 1.03 bits per heavy atom. The fraction of sp³-hybridized carbons (Fsp3) is 0.348. The van der Waals surface area contributed by atoms with E-state index in [4.69, 9.17) is 0 Å². The lowest BCUT2D eigenvalue weighted by Crippen LogP contribution is -2.40. The third kappa shape index (κ3) is 3.92. The highest BCUT2D eigenvalue weighted by atomic mass is 19.1. The lowest BCUT2D eigenvalue weighted by atomic mass is 9.79. The van der Waals surface area contributed by atoms with Gasteiger partial charge in [-0.05, 0) is 42.7 Å². The Morgan fingerprint density at radius 2 is 1.70 bits per heavy atom. The van der Waals surface area contributed by atoms with Crippen LogP contribution in [0.3, 0.4) is 0 Å². The van der Waals surface area contributed by atoms with E-state index in [-0.39, 0.29) is 41.2 Å². The molecule has 0 aliphatic heterocycles. The van der Waals surface area contributed by atoms with Gasteiger partial charge in [0, 0.05) is 18.4 Å². The Labute approximate surface area is 172 Å². The first-order valence-corrected chi connectivity index (χ1v) is 10.2. The van der Waals surface area contributed by atoms with Crippen molar-refractivity contribution >= 4 is 16.7 Å². The molecule has 0 atom stereocenters. The maximum Gasteiger partial charge on any atom is 0.273 e. The molecule has 156 valence electrons. The van der Waals surface area contributed by atoms with Gasteiger partial charge in [-0.1, -0.05) is 37.1 Å². The van der Waals surface area contributed by atoms with Gasteiger partial charge in [0.15, 0.2) is 0 Å². The van der Waals surface area contributed by atoms with Gasteiger partial charge in [-0.2, -0.15) is 0 Å². The van der Waals surface area contributed by atoms with Crippen molar-refractivity contribution in [1.29, 1.82) is 0 Å². The molecule has 30 heavy (non-hydrogen) atoms. The number of carbonyl (C=O) groups is 1. The van der Waals surface area contributed by atoms with Gasteiger partial charge >= 0.3 is 0 Å². The molecular weight excluding hydrogens is 385 g/mol. The maximum atomic E-state index is 13.3. The Balaban J connectivity index is 1.43. The number of fused-ring (bicyclic) bond motifs is 1. The molecule has 7 heteroatoms. The van der Waals surface area contributed by atoms with E-state index in [0.29, 0.717) is 17.3 Å². The highest BCUT2D eigenvalue weighted by molar-refractivity contribution is 5.80. The van der Waals surface area contributed by atoms with Gasteiger partial charge in [-0.25, -0.2) is 9.07 Å². The van der Waals surface area contributed by atoms with E-state index < -0.39 is 0 Å².